The van der Waals surface area contributed by atoms with E-state index in [-0.39, 0.29) is 18.3 Å². The molecule has 0 saturated carbocycles. The number of benzene rings is 3. The molecule has 150 valence electrons. The first-order valence-corrected chi connectivity index (χ1v) is 9.45. The molecule has 4 rings (SSSR count). The predicted molar refractivity (Wildman–Crippen MR) is 110 cm³/mol. The van der Waals surface area contributed by atoms with Crippen molar-refractivity contribution in [1.82, 2.24) is 0 Å². The van der Waals surface area contributed by atoms with Crippen molar-refractivity contribution in [3.63, 3.8) is 0 Å². The van der Waals surface area contributed by atoms with Crippen LogP contribution in [0.25, 0.3) is 0 Å². The summed E-state index contributed by atoms with van der Waals surface area (Å²) in [4.78, 5) is 0. The minimum atomic E-state index is -1.36. The van der Waals surface area contributed by atoms with Gasteiger partial charge in [-0.05, 0) is 54.4 Å². The summed E-state index contributed by atoms with van der Waals surface area (Å²) in [5.74, 6) is 1.71. The summed E-state index contributed by atoms with van der Waals surface area (Å²) in [5.41, 5.74) is 1.50. The van der Waals surface area contributed by atoms with Gasteiger partial charge in [0.05, 0.1) is 26.7 Å². The first kappa shape index (κ1) is 19.2. The Morgan fingerprint density at radius 1 is 0.966 bits per heavy atom. The standard InChI is InChI=1S/C24H24O5/c1-15-22(25)12-11-20-23(15)29-14-21(16-5-4-6-19(13-16)28-3)24(20,26)17-7-9-18(27-2)10-8-17/h4-13,21,25-26H,14H2,1-3H3. The molecule has 0 amide bonds. The van der Waals surface area contributed by atoms with Gasteiger partial charge >= 0.3 is 0 Å². The third kappa shape index (κ3) is 3.08. The van der Waals surface area contributed by atoms with Gasteiger partial charge in [0.15, 0.2) is 0 Å². The number of hydrogen-bond acceptors (Lipinski definition) is 5. The Bertz CT molecular complexity index is 1030. The first-order chi connectivity index (χ1) is 14.0. The van der Waals surface area contributed by atoms with Gasteiger partial charge in [0.2, 0.25) is 0 Å². The zero-order valence-corrected chi connectivity index (χ0v) is 16.7. The number of aliphatic hydroxyl groups is 1. The lowest BCUT2D eigenvalue weighted by atomic mass is 9.71. The Kier molecular flexibility index (Phi) is 4.84. The molecule has 1 aliphatic heterocycles. The second-order valence-corrected chi connectivity index (χ2v) is 7.22. The monoisotopic (exact) mass is 392 g/mol. The van der Waals surface area contributed by atoms with Crippen molar-refractivity contribution in [1.29, 1.82) is 0 Å². The summed E-state index contributed by atoms with van der Waals surface area (Å²) in [6.07, 6.45) is 0. The van der Waals surface area contributed by atoms with Crippen molar-refractivity contribution in [2.45, 2.75) is 18.4 Å². The first-order valence-electron chi connectivity index (χ1n) is 9.45. The van der Waals surface area contributed by atoms with Crippen LogP contribution in [0.1, 0.15) is 28.2 Å². The second-order valence-electron chi connectivity index (χ2n) is 7.22. The number of phenols is 1. The van der Waals surface area contributed by atoms with Crippen molar-refractivity contribution in [2.24, 2.45) is 0 Å². The van der Waals surface area contributed by atoms with Crippen molar-refractivity contribution < 1.29 is 24.4 Å². The van der Waals surface area contributed by atoms with Gasteiger partial charge in [0, 0.05) is 11.1 Å². The van der Waals surface area contributed by atoms with Gasteiger partial charge in [0.1, 0.15) is 28.6 Å². The molecule has 29 heavy (non-hydrogen) atoms. The molecule has 0 radical (unpaired) electrons. The molecule has 2 N–H and O–H groups in total. The Morgan fingerprint density at radius 2 is 1.69 bits per heavy atom. The van der Waals surface area contributed by atoms with E-state index in [1.54, 1.807) is 33.3 Å². The van der Waals surface area contributed by atoms with Crippen LogP contribution in [0.3, 0.4) is 0 Å². The third-order valence-electron chi connectivity index (χ3n) is 5.71. The molecular formula is C24H24O5. The van der Waals surface area contributed by atoms with Gasteiger partial charge in [0.25, 0.3) is 0 Å². The maximum absolute atomic E-state index is 12.2. The minimum Gasteiger partial charge on any atom is -0.508 e. The molecule has 2 atom stereocenters. The molecule has 3 aromatic rings. The highest BCUT2D eigenvalue weighted by Crippen LogP contribution is 2.51. The topological polar surface area (TPSA) is 68.2 Å². The van der Waals surface area contributed by atoms with Gasteiger partial charge in [-0.2, -0.15) is 0 Å². The normalized spacial score (nSPS) is 20.5. The van der Waals surface area contributed by atoms with E-state index < -0.39 is 5.60 Å². The molecule has 5 nitrogen and oxygen atoms in total. The Balaban J connectivity index is 1.94. The molecule has 3 aromatic carbocycles. The van der Waals surface area contributed by atoms with Gasteiger partial charge in [-0.3, -0.25) is 0 Å². The quantitative estimate of drug-likeness (QED) is 0.699. The van der Waals surface area contributed by atoms with Crippen LogP contribution in [0.15, 0.2) is 60.7 Å². The highest BCUT2D eigenvalue weighted by atomic mass is 16.5. The number of fused-ring (bicyclic) bond motifs is 1. The van der Waals surface area contributed by atoms with Crippen molar-refractivity contribution >= 4 is 0 Å². The van der Waals surface area contributed by atoms with Crippen molar-refractivity contribution in [3.05, 3.63) is 82.9 Å². The van der Waals surface area contributed by atoms with Crippen LogP contribution < -0.4 is 14.2 Å². The van der Waals surface area contributed by atoms with Crippen LogP contribution in [0.5, 0.6) is 23.0 Å². The zero-order valence-electron chi connectivity index (χ0n) is 16.7. The molecule has 0 saturated heterocycles. The molecule has 5 heteroatoms. The molecule has 0 aromatic heterocycles. The van der Waals surface area contributed by atoms with E-state index in [0.29, 0.717) is 28.4 Å². The van der Waals surface area contributed by atoms with Gasteiger partial charge in [-0.25, -0.2) is 0 Å². The van der Waals surface area contributed by atoms with Crippen molar-refractivity contribution in [2.75, 3.05) is 20.8 Å². The van der Waals surface area contributed by atoms with Crippen LogP contribution in [0, 0.1) is 6.92 Å². The van der Waals surface area contributed by atoms with Crippen molar-refractivity contribution in [3.8, 4) is 23.0 Å². The zero-order chi connectivity index (χ0) is 20.6. The second kappa shape index (κ2) is 7.33. The summed E-state index contributed by atoms with van der Waals surface area (Å²) in [6, 6.07) is 18.4. The lowest BCUT2D eigenvalue weighted by Gasteiger charge is -2.42. The lowest BCUT2D eigenvalue weighted by Crippen LogP contribution is -2.42. The minimum absolute atomic E-state index is 0.140. The number of hydrogen-bond donors (Lipinski definition) is 2. The molecule has 0 aliphatic carbocycles. The fourth-order valence-electron chi connectivity index (χ4n) is 4.04. The molecule has 1 aliphatic rings. The Morgan fingerprint density at radius 3 is 2.38 bits per heavy atom. The summed E-state index contributed by atoms with van der Waals surface area (Å²) in [6.45, 7) is 2.04. The summed E-state index contributed by atoms with van der Waals surface area (Å²) < 4.78 is 16.7. The number of methoxy groups -OCH3 is 2. The highest BCUT2D eigenvalue weighted by molar-refractivity contribution is 5.57. The third-order valence-corrected chi connectivity index (χ3v) is 5.71. The van der Waals surface area contributed by atoms with Gasteiger partial charge in [-0.1, -0.05) is 24.3 Å². The highest BCUT2D eigenvalue weighted by Gasteiger charge is 2.47. The van der Waals surface area contributed by atoms with Gasteiger partial charge < -0.3 is 24.4 Å². The SMILES string of the molecule is COc1ccc(C2(O)c3ccc(O)c(C)c3OCC2c2cccc(OC)c2)cc1. The van der Waals surface area contributed by atoms with E-state index in [4.69, 9.17) is 14.2 Å². The van der Waals surface area contributed by atoms with E-state index in [1.807, 2.05) is 48.5 Å². The van der Waals surface area contributed by atoms with Crippen LogP contribution in [0.2, 0.25) is 0 Å². The maximum Gasteiger partial charge on any atom is 0.132 e. The average Bonchev–Trinajstić information content (AvgIpc) is 2.76. The van der Waals surface area contributed by atoms with E-state index >= 15 is 0 Å². The lowest BCUT2D eigenvalue weighted by molar-refractivity contribution is 0.0101. The maximum atomic E-state index is 12.2. The molecule has 0 spiro atoms. The van der Waals surface area contributed by atoms with Crippen LogP contribution >= 0.6 is 0 Å². The summed E-state index contributed by atoms with van der Waals surface area (Å²) in [5, 5.41) is 22.3. The Hall–Kier alpha value is -3.18. The fraction of sp³-hybridized carbons (Fsp3) is 0.250. The van der Waals surface area contributed by atoms with E-state index in [1.165, 1.54) is 0 Å². The fourth-order valence-corrected chi connectivity index (χ4v) is 4.04. The van der Waals surface area contributed by atoms with E-state index in [2.05, 4.69) is 0 Å². The molecule has 2 unspecified atom stereocenters. The Labute approximate surface area is 170 Å². The average molecular weight is 392 g/mol. The number of phenolic OH excluding ortho intramolecular Hbond substituents is 1. The number of ether oxygens (including phenoxy) is 3. The molecule has 1 heterocycles. The summed E-state index contributed by atoms with van der Waals surface area (Å²) >= 11 is 0. The molecule has 0 bridgehead atoms. The predicted octanol–water partition coefficient (Wildman–Crippen LogP) is 4.13. The van der Waals surface area contributed by atoms with Crippen LogP contribution in [0.4, 0.5) is 0 Å². The summed E-state index contributed by atoms with van der Waals surface area (Å²) in [7, 11) is 3.23. The number of rotatable bonds is 4. The smallest absolute Gasteiger partial charge is 0.132 e. The van der Waals surface area contributed by atoms with E-state index in [9.17, 15) is 10.2 Å². The van der Waals surface area contributed by atoms with Crippen LogP contribution in [-0.2, 0) is 5.60 Å². The van der Waals surface area contributed by atoms with Gasteiger partial charge in [-0.15, -0.1) is 0 Å². The molecular weight excluding hydrogens is 368 g/mol. The number of aromatic hydroxyl groups is 1. The van der Waals surface area contributed by atoms with E-state index in [0.717, 1.165) is 11.1 Å². The molecule has 0 fully saturated rings. The largest absolute Gasteiger partial charge is 0.508 e. The van der Waals surface area contributed by atoms with Crippen LogP contribution in [-0.4, -0.2) is 31.0 Å².